The Morgan fingerprint density at radius 1 is 1.27 bits per heavy atom. The molecule has 0 bridgehead atoms. The molecule has 6 nitrogen and oxygen atoms in total. The SMILES string of the molecule is O=C(O)c1ccccc1-c1nccc(N2CCCC(O)C2)n1. The first-order valence-electron chi connectivity index (χ1n) is 7.24. The average Bonchev–Trinajstić information content (AvgIpc) is 2.55. The van der Waals surface area contributed by atoms with Crippen LogP contribution in [-0.2, 0) is 0 Å². The Morgan fingerprint density at radius 3 is 2.86 bits per heavy atom. The number of aromatic carboxylic acids is 1. The molecular formula is C16H17N3O3. The Hall–Kier alpha value is -2.47. The molecule has 1 aromatic heterocycles. The first-order chi connectivity index (χ1) is 10.6. The summed E-state index contributed by atoms with van der Waals surface area (Å²) in [5.41, 5.74) is 0.674. The molecule has 1 aliphatic rings. The highest BCUT2D eigenvalue weighted by Crippen LogP contribution is 2.24. The van der Waals surface area contributed by atoms with Crippen molar-refractivity contribution in [1.82, 2.24) is 9.97 Å². The highest BCUT2D eigenvalue weighted by atomic mass is 16.4. The van der Waals surface area contributed by atoms with Crippen molar-refractivity contribution in [1.29, 1.82) is 0 Å². The number of aromatic nitrogens is 2. The van der Waals surface area contributed by atoms with E-state index in [0.29, 0.717) is 23.8 Å². The molecule has 0 spiro atoms. The van der Waals surface area contributed by atoms with Crippen molar-refractivity contribution < 1.29 is 15.0 Å². The molecule has 1 fully saturated rings. The second kappa shape index (κ2) is 6.11. The number of anilines is 1. The Bertz CT molecular complexity index is 690. The number of carboxylic acid groups (broad SMARTS) is 1. The molecule has 0 saturated carbocycles. The van der Waals surface area contributed by atoms with Crippen LogP contribution in [-0.4, -0.2) is 45.3 Å². The number of β-amino-alcohol motifs (C(OH)–C–C–N with tert-alkyl or cyclic N) is 1. The number of hydrogen-bond acceptors (Lipinski definition) is 5. The lowest BCUT2D eigenvalue weighted by molar-refractivity contribution is 0.0697. The minimum atomic E-state index is -1.00. The zero-order chi connectivity index (χ0) is 15.5. The summed E-state index contributed by atoms with van der Waals surface area (Å²) in [5, 5.41) is 19.1. The van der Waals surface area contributed by atoms with E-state index in [0.717, 1.165) is 19.4 Å². The Kier molecular flexibility index (Phi) is 4.02. The maximum Gasteiger partial charge on any atom is 0.336 e. The van der Waals surface area contributed by atoms with E-state index in [9.17, 15) is 15.0 Å². The molecule has 1 unspecified atom stereocenters. The molecule has 3 rings (SSSR count). The van der Waals surface area contributed by atoms with Crippen LogP contribution in [0.15, 0.2) is 36.5 Å². The summed E-state index contributed by atoms with van der Waals surface area (Å²) in [6, 6.07) is 8.47. The molecule has 114 valence electrons. The Morgan fingerprint density at radius 2 is 2.09 bits per heavy atom. The molecule has 1 aliphatic heterocycles. The van der Waals surface area contributed by atoms with Crippen molar-refractivity contribution in [3.8, 4) is 11.4 Å². The lowest BCUT2D eigenvalue weighted by Crippen LogP contribution is -2.38. The van der Waals surface area contributed by atoms with Gasteiger partial charge in [-0.2, -0.15) is 0 Å². The third kappa shape index (κ3) is 2.92. The van der Waals surface area contributed by atoms with Crippen LogP contribution in [0.5, 0.6) is 0 Å². The van der Waals surface area contributed by atoms with E-state index < -0.39 is 5.97 Å². The van der Waals surface area contributed by atoms with Gasteiger partial charge in [0, 0.05) is 24.8 Å². The lowest BCUT2D eigenvalue weighted by atomic mass is 10.1. The minimum absolute atomic E-state index is 0.179. The number of piperidine rings is 1. The third-order valence-electron chi connectivity index (χ3n) is 3.76. The predicted octanol–water partition coefficient (Wildman–Crippen LogP) is 1.80. The fourth-order valence-corrected chi connectivity index (χ4v) is 2.68. The number of aliphatic hydroxyl groups is 1. The number of rotatable bonds is 3. The van der Waals surface area contributed by atoms with E-state index in [1.165, 1.54) is 0 Å². The van der Waals surface area contributed by atoms with Gasteiger partial charge >= 0.3 is 5.97 Å². The molecule has 0 aliphatic carbocycles. The van der Waals surface area contributed by atoms with Crippen LogP contribution in [0.1, 0.15) is 23.2 Å². The molecule has 22 heavy (non-hydrogen) atoms. The van der Waals surface area contributed by atoms with Crippen molar-refractivity contribution in [2.24, 2.45) is 0 Å². The number of aliphatic hydroxyl groups excluding tert-OH is 1. The van der Waals surface area contributed by atoms with Crippen LogP contribution in [0.25, 0.3) is 11.4 Å². The molecule has 2 heterocycles. The maximum atomic E-state index is 11.3. The molecule has 0 amide bonds. The van der Waals surface area contributed by atoms with Crippen molar-refractivity contribution in [2.75, 3.05) is 18.0 Å². The van der Waals surface area contributed by atoms with Gasteiger partial charge in [0.25, 0.3) is 0 Å². The molecular weight excluding hydrogens is 282 g/mol. The van der Waals surface area contributed by atoms with Gasteiger partial charge in [0.05, 0.1) is 11.7 Å². The van der Waals surface area contributed by atoms with Crippen LogP contribution in [0.3, 0.4) is 0 Å². The van der Waals surface area contributed by atoms with Gasteiger partial charge in [-0.3, -0.25) is 0 Å². The van der Waals surface area contributed by atoms with Gasteiger partial charge in [-0.25, -0.2) is 14.8 Å². The quantitative estimate of drug-likeness (QED) is 0.898. The maximum absolute atomic E-state index is 11.3. The monoisotopic (exact) mass is 299 g/mol. The van der Waals surface area contributed by atoms with Crippen LogP contribution in [0.2, 0.25) is 0 Å². The fourth-order valence-electron chi connectivity index (χ4n) is 2.68. The predicted molar refractivity (Wildman–Crippen MR) is 81.9 cm³/mol. The van der Waals surface area contributed by atoms with Crippen molar-refractivity contribution in [3.05, 3.63) is 42.1 Å². The van der Waals surface area contributed by atoms with Gasteiger partial charge in [0.1, 0.15) is 5.82 Å². The smallest absolute Gasteiger partial charge is 0.336 e. The second-order valence-electron chi connectivity index (χ2n) is 5.33. The number of hydrogen-bond donors (Lipinski definition) is 2. The van der Waals surface area contributed by atoms with E-state index in [2.05, 4.69) is 9.97 Å². The van der Waals surface area contributed by atoms with E-state index in [1.54, 1.807) is 36.5 Å². The number of nitrogens with zero attached hydrogens (tertiary/aromatic N) is 3. The summed E-state index contributed by atoms with van der Waals surface area (Å²) in [7, 11) is 0. The van der Waals surface area contributed by atoms with E-state index in [-0.39, 0.29) is 11.7 Å². The van der Waals surface area contributed by atoms with Gasteiger partial charge in [-0.05, 0) is 25.0 Å². The Balaban J connectivity index is 1.96. The van der Waals surface area contributed by atoms with E-state index in [4.69, 9.17) is 0 Å². The number of carbonyl (C=O) groups is 1. The molecule has 1 saturated heterocycles. The van der Waals surface area contributed by atoms with Gasteiger partial charge in [-0.15, -0.1) is 0 Å². The normalized spacial score (nSPS) is 18.2. The minimum Gasteiger partial charge on any atom is -0.478 e. The second-order valence-corrected chi connectivity index (χ2v) is 5.33. The van der Waals surface area contributed by atoms with Gasteiger partial charge < -0.3 is 15.1 Å². The molecule has 2 N–H and O–H groups in total. The molecule has 2 aromatic rings. The largest absolute Gasteiger partial charge is 0.478 e. The molecule has 6 heteroatoms. The number of benzene rings is 1. The zero-order valence-electron chi connectivity index (χ0n) is 12.0. The fraction of sp³-hybridized carbons (Fsp3) is 0.312. The highest BCUT2D eigenvalue weighted by molar-refractivity contribution is 5.94. The average molecular weight is 299 g/mol. The summed E-state index contributed by atoms with van der Waals surface area (Å²) < 4.78 is 0. The standard InChI is InChI=1S/C16H17N3O3/c20-11-4-3-9-19(10-11)14-7-8-17-15(18-14)12-5-1-2-6-13(12)16(21)22/h1-2,5-8,11,20H,3-4,9-10H2,(H,21,22). The Labute approximate surface area is 128 Å². The summed E-state index contributed by atoms with van der Waals surface area (Å²) >= 11 is 0. The summed E-state index contributed by atoms with van der Waals surface area (Å²) in [6.45, 7) is 1.37. The van der Waals surface area contributed by atoms with Crippen LogP contribution >= 0.6 is 0 Å². The van der Waals surface area contributed by atoms with Crippen molar-refractivity contribution in [2.45, 2.75) is 18.9 Å². The van der Waals surface area contributed by atoms with Crippen LogP contribution in [0, 0.1) is 0 Å². The third-order valence-corrected chi connectivity index (χ3v) is 3.76. The summed E-state index contributed by atoms with van der Waals surface area (Å²) in [4.78, 5) is 22.0. The summed E-state index contributed by atoms with van der Waals surface area (Å²) in [5.74, 6) is 0.0949. The van der Waals surface area contributed by atoms with Crippen molar-refractivity contribution >= 4 is 11.8 Å². The zero-order valence-corrected chi connectivity index (χ0v) is 12.0. The highest BCUT2D eigenvalue weighted by Gasteiger charge is 2.20. The van der Waals surface area contributed by atoms with Crippen LogP contribution < -0.4 is 4.90 Å². The van der Waals surface area contributed by atoms with Gasteiger partial charge in [-0.1, -0.05) is 18.2 Å². The van der Waals surface area contributed by atoms with Gasteiger partial charge in [0.15, 0.2) is 5.82 Å². The molecule has 1 aromatic carbocycles. The number of carboxylic acids is 1. The molecule has 1 atom stereocenters. The van der Waals surface area contributed by atoms with Gasteiger partial charge in [0.2, 0.25) is 0 Å². The lowest BCUT2D eigenvalue weighted by Gasteiger charge is -2.31. The van der Waals surface area contributed by atoms with E-state index in [1.807, 2.05) is 4.90 Å². The van der Waals surface area contributed by atoms with E-state index >= 15 is 0 Å². The molecule has 0 radical (unpaired) electrons. The first kappa shape index (κ1) is 14.5. The first-order valence-corrected chi connectivity index (χ1v) is 7.24. The topological polar surface area (TPSA) is 86.5 Å². The summed E-state index contributed by atoms with van der Waals surface area (Å²) in [6.07, 6.45) is 2.98. The van der Waals surface area contributed by atoms with Crippen LogP contribution in [0.4, 0.5) is 5.82 Å². The van der Waals surface area contributed by atoms with Crippen molar-refractivity contribution in [3.63, 3.8) is 0 Å².